The average Bonchev–Trinajstić information content (AvgIpc) is 2.71. The number of benzene rings is 2. The molecule has 0 spiro atoms. The largest absolute Gasteiger partial charge is 0.493 e. The van der Waals surface area contributed by atoms with Crippen molar-refractivity contribution < 1.29 is 23.9 Å². The number of anilines is 1. The number of nitrogens with zero attached hydrogens (tertiary/aromatic N) is 1. The number of hydrogen-bond donors (Lipinski definition) is 1. The number of carbonyl (C=O) groups excluding carboxylic acids is 3. The number of aryl methyl sites for hydroxylation is 1. The first-order valence-electron chi connectivity index (χ1n) is 9.34. The van der Waals surface area contributed by atoms with Crippen LogP contribution in [0, 0.1) is 6.92 Å². The van der Waals surface area contributed by atoms with E-state index >= 15 is 0 Å². The van der Waals surface area contributed by atoms with E-state index in [1.807, 2.05) is 6.92 Å². The summed E-state index contributed by atoms with van der Waals surface area (Å²) in [7, 11) is 1.51. The number of methoxy groups -OCH3 is 1. The predicted molar refractivity (Wildman–Crippen MR) is 117 cm³/mol. The van der Waals surface area contributed by atoms with Gasteiger partial charge in [0.1, 0.15) is 5.57 Å². The van der Waals surface area contributed by atoms with Crippen molar-refractivity contribution >= 4 is 45.5 Å². The standard InChI is InChI=1S/C22H21BrN2O5/c1-4-9-30-19-16(23)11-14(12-18(19)29-3)10-15-20(26)24-22(28)25(21(15)27)17-8-6-5-7-13(17)2/h5-8,10-12H,4,9H2,1-3H3,(H,24,26,28)/b15-10+. The van der Waals surface area contributed by atoms with Gasteiger partial charge in [0.15, 0.2) is 11.5 Å². The number of nitrogens with one attached hydrogen (secondary N) is 1. The van der Waals surface area contributed by atoms with Gasteiger partial charge in [-0.1, -0.05) is 25.1 Å². The fourth-order valence-electron chi connectivity index (χ4n) is 3.02. The third kappa shape index (κ3) is 4.23. The lowest BCUT2D eigenvalue weighted by atomic mass is 10.1. The fraction of sp³-hybridized carbons (Fsp3) is 0.227. The highest BCUT2D eigenvalue weighted by atomic mass is 79.9. The van der Waals surface area contributed by atoms with Gasteiger partial charge in [-0.25, -0.2) is 9.69 Å². The van der Waals surface area contributed by atoms with E-state index in [9.17, 15) is 14.4 Å². The molecule has 1 aliphatic heterocycles. The molecule has 0 atom stereocenters. The maximum absolute atomic E-state index is 13.1. The van der Waals surface area contributed by atoms with Crippen molar-refractivity contribution in [1.82, 2.24) is 5.32 Å². The maximum Gasteiger partial charge on any atom is 0.335 e. The van der Waals surface area contributed by atoms with Gasteiger partial charge >= 0.3 is 6.03 Å². The van der Waals surface area contributed by atoms with Crippen LogP contribution in [0.2, 0.25) is 0 Å². The smallest absolute Gasteiger partial charge is 0.335 e. The number of ether oxygens (including phenoxy) is 2. The van der Waals surface area contributed by atoms with Crippen molar-refractivity contribution in [2.75, 3.05) is 18.6 Å². The van der Waals surface area contributed by atoms with E-state index in [4.69, 9.17) is 9.47 Å². The minimum Gasteiger partial charge on any atom is -0.493 e. The van der Waals surface area contributed by atoms with Crippen molar-refractivity contribution in [2.24, 2.45) is 0 Å². The van der Waals surface area contributed by atoms with Crippen LogP contribution in [0.15, 0.2) is 46.4 Å². The zero-order chi connectivity index (χ0) is 21.8. The average molecular weight is 473 g/mol. The van der Waals surface area contributed by atoms with E-state index in [0.29, 0.717) is 33.8 Å². The topological polar surface area (TPSA) is 84.9 Å². The minimum atomic E-state index is -0.779. The van der Waals surface area contributed by atoms with E-state index in [0.717, 1.165) is 16.9 Å². The molecular formula is C22H21BrN2O5. The number of hydrogen-bond acceptors (Lipinski definition) is 5. The molecule has 1 saturated heterocycles. The van der Waals surface area contributed by atoms with Gasteiger partial charge in [0.2, 0.25) is 0 Å². The monoisotopic (exact) mass is 472 g/mol. The first-order chi connectivity index (χ1) is 14.4. The number of rotatable bonds is 6. The molecule has 8 heteroatoms. The number of halogens is 1. The Hall–Kier alpha value is -3.13. The third-order valence-corrected chi connectivity index (χ3v) is 5.06. The molecule has 156 valence electrons. The van der Waals surface area contributed by atoms with Crippen molar-refractivity contribution in [3.05, 3.63) is 57.6 Å². The van der Waals surface area contributed by atoms with Crippen molar-refractivity contribution in [2.45, 2.75) is 20.3 Å². The van der Waals surface area contributed by atoms with Crippen LogP contribution in [0.4, 0.5) is 10.5 Å². The summed E-state index contributed by atoms with van der Waals surface area (Å²) >= 11 is 3.45. The second-order valence-electron chi connectivity index (χ2n) is 6.63. The summed E-state index contributed by atoms with van der Waals surface area (Å²) in [5.41, 5.74) is 1.53. The summed E-state index contributed by atoms with van der Waals surface area (Å²) in [4.78, 5) is 38.8. The molecular weight excluding hydrogens is 452 g/mol. The van der Waals surface area contributed by atoms with E-state index in [2.05, 4.69) is 21.2 Å². The molecule has 0 radical (unpaired) electrons. The van der Waals surface area contributed by atoms with Crippen molar-refractivity contribution in [1.29, 1.82) is 0 Å². The molecule has 1 N–H and O–H groups in total. The van der Waals surface area contributed by atoms with Crippen LogP contribution in [0.3, 0.4) is 0 Å². The van der Waals surface area contributed by atoms with Gasteiger partial charge in [0.05, 0.1) is 23.9 Å². The molecule has 1 aliphatic rings. The summed E-state index contributed by atoms with van der Waals surface area (Å²) in [5.74, 6) is -0.450. The van der Waals surface area contributed by atoms with Crippen LogP contribution in [-0.4, -0.2) is 31.6 Å². The van der Waals surface area contributed by atoms with Crippen LogP contribution in [-0.2, 0) is 9.59 Å². The molecule has 0 saturated carbocycles. The Balaban J connectivity index is 2.02. The maximum atomic E-state index is 13.1. The zero-order valence-corrected chi connectivity index (χ0v) is 18.4. The summed E-state index contributed by atoms with van der Waals surface area (Å²) in [6, 6.07) is 9.57. The quantitative estimate of drug-likeness (QED) is 0.502. The Morgan fingerprint density at radius 2 is 1.90 bits per heavy atom. The lowest BCUT2D eigenvalue weighted by molar-refractivity contribution is -0.122. The molecule has 3 rings (SSSR count). The van der Waals surface area contributed by atoms with Crippen LogP contribution in [0.1, 0.15) is 24.5 Å². The van der Waals surface area contributed by atoms with Gasteiger partial charge in [-0.15, -0.1) is 0 Å². The van der Waals surface area contributed by atoms with E-state index in [1.165, 1.54) is 13.2 Å². The minimum absolute atomic E-state index is 0.158. The highest BCUT2D eigenvalue weighted by Gasteiger charge is 2.37. The second kappa shape index (κ2) is 9.13. The summed E-state index contributed by atoms with van der Waals surface area (Å²) < 4.78 is 11.7. The molecule has 0 aliphatic carbocycles. The van der Waals surface area contributed by atoms with Gasteiger partial charge in [0, 0.05) is 0 Å². The van der Waals surface area contributed by atoms with Gasteiger partial charge in [0.25, 0.3) is 11.8 Å². The van der Waals surface area contributed by atoms with E-state index < -0.39 is 17.8 Å². The number of amides is 4. The van der Waals surface area contributed by atoms with Gasteiger partial charge in [-0.3, -0.25) is 14.9 Å². The Kier molecular flexibility index (Phi) is 6.56. The van der Waals surface area contributed by atoms with Crippen LogP contribution < -0.4 is 19.7 Å². The van der Waals surface area contributed by atoms with Crippen LogP contribution >= 0.6 is 15.9 Å². The number of para-hydroxylation sites is 1. The molecule has 0 unspecified atom stereocenters. The molecule has 4 amide bonds. The predicted octanol–water partition coefficient (Wildman–Crippen LogP) is 4.22. The Morgan fingerprint density at radius 1 is 1.17 bits per heavy atom. The second-order valence-corrected chi connectivity index (χ2v) is 7.48. The molecule has 7 nitrogen and oxygen atoms in total. The molecule has 1 fully saturated rings. The lowest BCUT2D eigenvalue weighted by Gasteiger charge is -2.27. The Bertz CT molecular complexity index is 1050. The molecule has 0 bridgehead atoms. The van der Waals surface area contributed by atoms with E-state index in [-0.39, 0.29) is 5.57 Å². The first-order valence-corrected chi connectivity index (χ1v) is 10.1. The summed E-state index contributed by atoms with van der Waals surface area (Å²) in [6.45, 7) is 4.30. The van der Waals surface area contributed by atoms with Crippen LogP contribution in [0.25, 0.3) is 6.08 Å². The number of carbonyl (C=O) groups is 3. The highest BCUT2D eigenvalue weighted by Crippen LogP contribution is 2.37. The first kappa shape index (κ1) is 21.6. The molecule has 1 heterocycles. The summed E-state index contributed by atoms with van der Waals surface area (Å²) in [6.07, 6.45) is 2.26. The number of urea groups is 1. The van der Waals surface area contributed by atoms with E-state index in [1.54, 1.807) is 43.3 Å². The number of imide groups is 2. The van der Waals surface area contributed by atoms with Gasteiger partial charge in [-0.05, 0) is 64.7 Å². The third-order valence-electron chi connectivity index (χ3n) is 4.47. The van der Waals surface area contributed by atoms with Crippen molar-refractivity contribution in [3.63, 3.8) is 0 Å². The lowest BCUT2D eigenvalue weighted by Crippen LogP contribution is -2.54. The number of barbiturate groups is 1. The van der Waals surface area contributed by atoms with Crippen LogP contribution in [0.5, 0.6) is 11.5 Å². The van der Waals surface area contributed by atoms with Gasteiger partial charge < -0.3 is 9.47 Å². The Labute approximate surface area is 182 Å². The van der Waals surface area contributed by atoms with Gasteiger partial charge in [-0.2, -0.15) is 0 Å². The van der Waals surface area contributed by atoms with Crippen molar-refractivity contribution in [3.8, 4) is 11.5 Å². The molecule has 2 aromatic rings. The highest BCUT2D eigenvalue weighted by molar-refractivity contribution is 9.10. The Morgan fingerprint density at radius 3 is 2.57 bits per heavy atom. The zero-order valence-electron chi connectivity index (χ0n) is 16.8. The fourth-order valence-corrected chi connectivity index (χ4v) is 3.60. The molecule has 0 aromatic heterocycles. The molecule has 30 heavy (non-hydrogen) atoms. The normalized spacial score (nSPS) is 15.4. The SMILES string of the molecule is CCCOc1c(Br)cc(/C=C2\C(=O)NC(=O)N(c3ccccc3C)C2=O)cc1OC. The molecule has 2 aromatic carbocycles. The summed E-state index contributed by atoms with van der Waals surface area (Å²) in [5, 5.41) is 2.23.